The molecule has 6 heteroatoms. The van der Waals surface area contributed by atoms with E-state index in [0.29, 0.717) is 29.4 Å². The summed E-state index contributed by atoms with van der Waals surface area (Å²) in [5, 5.41) is 16.8. The maximum atomic E-state index is 10.4. The molecule has 0 aliphatic carbocycles. The zero-order valence-electron chi connectivity index (χ0n) is 17.5. The van der Waals surface area contributed by atoms with Gasteiger partial charge in [0, 0.05) is 10.4 Å². The van der Waals surface area contributed by atoms with E-state index in [1.165, 1.54) is 0 Å². The van der Waals surface area contributed by atoms with Crippen molar-refractivity contribution in [3.8, 4) is 11.8 Å². The van der Waals surface area contributed by atoms with Gasteiger partial charge in [-0.2, -0.15) is 10.4 Å². The van der Waals surface area contributed by atoms with Crippen molar-refractivity contribution in [2.45, 2.75) is 25.3 Å². The van der Waals surface area contributed by atoms with Crippen molar-refractivity contribution in [1.29, 1.82) is 5.26 Å². The third kappa shape index (κ3) is 3.60. The second-order valence-electron chi connectivity index (χ2n) is 7.48. The van der Waals surface area contributed by atoms with Gasteiger partial charge in [0.1, 0.15) is 11.2 Å². The smallest absolute Gasteiger partial charge is 0.126 e. The highest BCUT2D eigenvalue weighted by molar-refractivity contribution is 6.30. The number of benzene rings is 3. The van der Waals surface area contributed by atoms with Crippen molar-refractivity contribution in [1.82, 2.24) is 9.78 Å². The predicted molar refractivity (Wildman–Crippen MR) is 124 cm³/mol. The lowest BCUT2D eigenvalue weighted by atomic mass is 9.75. The summed E-state index contributed by atoms with van der Waals surface area (Å²) in [5.41, 5.74) is 9.54. The zero-order valence-corrected chi connectivity index (χ0v) is 18.2. The van der Waals surface area contributed by atoms with Crippen LogP contribution in [0, 0.1) is 11.3 Å². The Hall–Kier alpha value is -3.49. The van der Waals surface area contributed by atoms with Gasteiger partial charge in [0.2, 0.25) is 0 Å². The third-order valence-corrected chi connectivity index (χ3v) is 6.01. The number of anilines is 1. The average Bonchev–Trinajstić information content (AvgIpc) is 3.17. The molecule has 1 aromatic heterocycles. The Bertz CT molecular complexity index is 1260. The molecule has 0 saturated carbocycles. The fraction of sp³-hybridized carbons (Fsp3) is 0.200. The normalized spacial score (nSPS) is 13.0. The van der Waals surface area contributed by atoms with Gasteiger partial charge in [-0.1, -0.05) is 54.9 Å². The minimum Gasteiger partial charge on any atom is -0.497 e. The van der Waals surface area contributed by atoms with Crippen molar-refractivity contribution in [2.24, 2.45) is 0 Å². The summed E-state index contributed by atoms with van der Waals surface area (Å²) in [6.07, 6.45) is 0.564. The summed E-state index contributed by atoms with van der Waals surface area (Å²) in [4.78, 5) is 0. The molecule has 0 bridgehead atoms. The van der Waals surface area contributed by atoms with Crippen LogP contribution in [0.2, 0.25) is 5.02 Å². The number of nitriles is 1. The first-order valence-electron chi connectivity index (χ1n) is 10.1. The number of fused-ring (bicyclic) bond motifs is 1. The molecule has 1 unspecified atom stereocenters. The van der Waals surface area contributed by atoms with Crippen molar-refractivity contribution >= 4 is 28.2 Å². The molecule has 4 rings (SSSR count). The minimum atomic E-state index is -0.915. The second kappa shape index (κ2) is 8.33. The summed E-state index contributed by atoms with van der Waals surface area (Å²) >= 11 is 6.10. The minimum absolute atomic E-state index is 0.528. The van der Waals surface area contributed by atoms with Crippen LogP contribution in [0.5, 0.6) is 5.75 Å². The van der Waals surface area contributed by atoms with Crippen LogP contribution in [0.4, 0.5) is 5.69 Å². The molecule has 156 valence electrons. The van der Waals surface area contributed by atoms with E-state index < -0.39 is 5.41 Å². The molecule has 0 saturated heterocycles. The molecule has 0 aliphatic rings. The molecule has 2 N–H and O–H groups in total. The maximum absolute atomic E-state index is 10.4. The number of aromatic nitrogens is 2. The number of nitrogens with two attached hydrogens (primary N) is 1. The zero-order chi connectivity index (χ0) is 22.0. The van der Waals surface area contributed by atoms with Crippen LogP contribution in [0.15, 0.2) is 66.7 Å². The standard InChI is InChI=1S/C25H23ClN4O/c1-3-25(16-27,18-9-11-19(26)12-10-18)24-21-5-4-6-22(28)23(21)30(29-24)15-17-7-13-20(31-2)14-8-17/h4-14H,3,15,28H2,1-2H3. The highest BCUT2D eigenvalue weighted by Crippen LogP contribution is 2.40. The van der Waals surface area contributed by atoms with E-state index in [2.05, 4.69) is 6.07 Å². The molecule has 31 heavy (non-hydrogen) atoms. The first kappa shape index (κ1) is 20.8. The Morgan fingerprint density at radius 1 is 1.10 bits per heavy atom. The van der Waals surface area contributed by atoms with Crippen molar-refractivity contribution in [3.63, 3.8) is 0 Å². The first-order valence-corrected chi connectivity index (χ1v) is 10.5. The molecule has 0 fully saturated rings. The molecular formula is C25H23ClN4O. The van der Waals surface area contributed by atoms with E-state index in [1.54, 1.807) is 7.11 Å². The summed E-state index contributed by atoms with van der Waals surface area (Å²) < 4.78 is 7.14. The SMILES string of the molecule is CCC(C#N)(c1ccc(Cl)cc1)c1nn(Cc2ccc(OC)cc2)c2c(N)cccc12. The second-order valence-corrected chi connectivity index (χ2v) is 7.91. The number of para-hydroxylation sites is 1. The van der Waals surface area contributed by atoms with Gasteiger partial charge in [0.15, 0.2) is 0 Å². The summed E-state index contributed by atoms with van der Waals surface area (Å²) in [6.45, 7) is 2.53. The number of hydrogen-bond acceptors (Lipinski definition) is 4. The molecule has 3 aromatic carbocycles. The van der Waals surface area contributed by atoms with Crippen LogP contribution in [-0.4, -0.2) is 16.9 Å². The van der Waals surface area contributed by atoms with E-state index >= 15 is 0 Å². The largest absolute Gasteiger partial charge is 0.497 e. The highest BCUT2D eigenvalue weighted by atomic mass is 35.5. The predicted octanol–water partition coefficient (Wildman–Crippen LogP) is 5.55. The van der Waals surface area contributed by atoms with Gasteiger partial charge in [0.25, 0.3) is 0 Å². The fourth-order valence-corrected chi connectivity index (χ4v) is 4.16. The van der Waals surface area contributed by atoms with Crippen LogP contribution in [0.3, 0.4) is 0 Å². The fourth-order valence-electron chi connectivity index (χ4n) is 4.04. The monoisotopic (exact) mass is 430 g/mol. The van der Waals surface area contributed by atoms with Gasteiger partial charge in [0.05, 0.1) is 36.6 Å². The lowest BCUT2D eigenvalue weighted by Crippen LogP contribution is -2.26. The summed E-state index contributed by atoms with van der Waals surface area (Å²) in [6, 6.07) is 23.6. The lowest BCUT2D eigenvalue weighted by Gasteiger charge is -2.24. The van der Waals surface area contributed by atoms with Crippen molar-refractivity contribution in [3.05, 3.63) is 88.6 Å². The van der Waals surface area contributed by atoms with Crippen LogP contribution in [0.1, 0.15) is 30.2 Å². The summed E-state index contributed by atoms with van der Waals surface area (Å²) in [5.74, 6) is 0.798. The average molecular weight is 431 g/mol. The van der Waals surface area contributed by atoms with Gasteiger partial charge in [-0.05, 0) is 47.9 Å². The van der Waals surface area contributed by atoms with Gasteiger partial charge in [-0.15, -0.1) is 0 Å². The Kier molecular flexibility index (Phi) is 5.58. The topological polar surface area (TPSA) is 76.9 Å². The number of halogens is 1. The molecule has 1 heterocycles. The number of hydrogen-bond donors (Lipinski definition) is 1. The third-order valence-electron chi connectivity index (χ3n) is 5.76. The van der Waals surface area contributed by atoms with E-state index in [-0.39, 0.29) is 0 Å². The molecule has 4 aromatic rings. The van der Waals surface area contributed by atoms with E-state index in [4.69, 9.17) is 27.2 Å². The van der Waals surface area contributed by atoms with Gasteiger partial charge in [-0.25, -0.2) is 0 Å². The molecule has 0 spiro atoms. The van der Waals surface area contributed by atoms with Crippen molar-refractivity contribution in [2.75, 3.05) is 12.8 Å². The van der Waals surface area contributed by atoms with E-state index in [0.717, 1.165) is 27.8 Å². The molecular weight excluding hydrogens is 408 g/mol. The van der Waals surface area contributed by atoms with Gasteiger partial charge >= 0.3 is 0 Å². The number of methoxy groups -OCH3 is 1. The Labute approximate surface area is 186 Å². The summed E-state index contributed by atoms with van der Waals surface area (Å²) in [7, 11) is 1.64. The van der Waals surface area contributed by atoms with E-state index in [9.17, 15) is 5.26 Å². The van der Waals surface area contributed by atoms with Crippen LogP contribution >= 0.6 is 11.6 Å². The number of rotatable bonds is 6. The number of nitrogens with zero attached hydrogens (tertiary/aromatic N) is 3. The molecule has 1 atom stereocenters. The van der Waals surface area contributed by atoms with Crippen LogP contribution < -0.4 is 10.5 Å². The van der Waals surface area contributed by atoms with E-state index in [1.807, 2.05) is 78.3 Å². The molecule has 0 amide bonds. The maximum Gasteiger partial charge on any atom is 0.126 e. The molecule has 0 radical (unpaired) electrons. The first-order chi connectivity index (χ1) is 15.0. The van der Waals surface area contributed by atoms with Crippen molar-refractivity contribution < 1.29 is 4.74 Å². The van der Waals surface area contributed by atoms with Gasteiger partial charge < -0.3 is 10.5 Å². The van der Waals surface area contributed by atoms with Gasteiger partial charge in [-0.3, -0.25) is 4.68 Å². The highest BCUT2D eigenvalue weighted by Gasteiger charge is 2.37. The van der Waals surface area contributed by atoms with Crippen LogP contribution in [-0.2, 0) is 12.0 Å². The molecule has 0 aliphatic heterocycles. The number of nitrogen functional groups attached to an aromatic ring is 1. The lowest BCUT2D eigenvalue weighted by molar-refractivity contribution is 0.414. The Morgan fingerprint density at radius 3 is 2.42 bits per heavy atom. The number of ether oxygens (including phenoxy) is 1. The molecule has 5 nitrogen and oxygen atoms in total. The Morgan fingerprint density at radius 2 is 1.81 bits per heavy atom. The van der Waals surface area contributed by atoms with Crippen LogP contribution in [0.25, 0.3) is 10.9 Å². The quantitative estimate of drug-likeness (QED) is 0.407. The Balaban J connectivity index is 1.90.